The van der Waals surface area contributed by atoms with E-state index in [1.165, 1.54) is 23.5 Å². The number of carbonyl (C=O) groups is 1. The Bertz CT molecular complexity index is 944. The van der Waals surface area contributed by atoms with Gasteiger partial charge in [-0.15, -0.1) is 23.5 Å². The molecule has 0 radical (unpaired) electrons. The summed E-state index contributed by atoms with van der Waals surface area (Å²) in [4.78, 5) is 12.9. The summed E-state index contributed by atoms with van der Waals surface area (Å²) in [6.07, 6.45) is 4.71. The summed E-state index contributed by atoms with van der Waals surface area (Å²) in [6.45, 7) is 0. The van der Waals surface area contributed by atoms with E-state index in [-0.39, 0.29) is 11.2 Å². The van der Waals surface area contributed by atoms with Crippen molar-refractivity contribution in [3.8, 4) is 0 Å². The summed E-state index contributed by atoms with van der Waals surface area (Å²) >= 11 is 3.92. The standard InChI is InChI=1S/C22H25NO3S3/c24-21(16-6-8-17(9-7-16)22-27-14-3-15-28-22)23-18-10-12-20(13-11-18)29(25,26)19-4-1-2-5-19/h6-13,19,22H,1-5,14-15H2,(H,23,24). The maximum absolute atomic E-state index is 12.7. The zero-order valence-corrected chi connectivity index (χ0v) is 18.6. The van der Waals surface area contributed by atoms with E-state index in [0.29, 0.717) is 20.7 Å². The van der Waals surface area contributed by atoms with E-state index in [9.17, 15) is 13.2 Å². The first-order valence-electron chi connectivity index (χ1n) is 10.0. The Balaban J connectivity index is 1.40. The highest BCUT2D eigenvalue weighted by Crippen LogP contribution is 2.43. The molecule has 4 nitrogen and oxygen atoms in total. The van der Waals surface area contributed by atoms with Crippen molar-refractivity contribution in [3.63, 3.8) is 0 Å². The predicted molar refractivity (Wildman–Crippen MR) is 123 cm³/mol. The lowest BCUT2D eigenvalue weighted by molar-refractivity contribution is 0.102. The third kappa shape index (κ3) is 4.84. The van der Waals surface area contributed by atoms with Crippen LogP contribution >= 0.6 is 23.5 Å². The van der Waals surface area contributed by atoms with E-state index < -0.39 is 9.84 Å². The number of hydrogen-bond acceptors (Lipinski definition) is 5. The quantitative estimate of drug-likeness (QED) is 0.653. The lowest BCUT2D eigenvalue weighted by Gasteiger charge is -2.21. The molecule has 1 amide bonds. The highest BCUT2D eigenvalue weighted by molar-refractivity contribution is 8.16. The lowest BCUT2D eigenvalue weighted by Crippen LogP contribution is -2.18. The van der Waals surface area contributed by atoms with Gasteiger partial charge in [0.25, 0.3) is 5.91 Å². The van der Waals surface area contributed by atoms with Crippen LogP contribution in [0.1, 0.15) is 52.6 Å². The molecule has 1 saturated heterocycles. The zero-order chi connectivity index (χ0) is 20.3. The van der Waals surface area contributed by atoms with Crippen molar-refractivity contribution in [1.29, 1.82) is 0 Å². The second-order valence-corrected chi connectivity index (χ2v) is 12.4. The van der Waals surface area contributed by atoms with Crippen molar-refractivity contribution >= 4 is 45.0 Å². The van der Waals surface area contributed by atoms with Crippen molar-refractivity contribution in [3.05, 3.63) is 59.7 Å². The van der Waals surface area contributed by atoms with Crippen LogP contribution in [-0.4, -0.2) is 31.1 Å². The number of carbonyl (C=O) groups excluding carboxylic acids is 1. The molecular formula is C22H25NO3S3. The fourth-order valence-corrected chi connectivity index (χ4v) is 8.54. The lowest BCUT2D eigenvalue weighted by atomic mass is 10.1. The van der Waals surface area contributed by atoms with Gasteiger partial charge in [-0.1, -0.05) is 25.0 Å². The maximum atomic E-state index is 12.7. The second-order valence-electron chi connectivity index (χ2n) is 7.48. The van der Waals surface area contributed by atoms with Crippen molar-refractivity contribution in [2.24, 2.45) is 0 Å². The predicted octanol–water partition coefficient (Wildman–Crippen LogP) is 5.52. The number of sulfone groups is 1. The van der Waals surface area contributed by atoms with Gasteiger partial charge in [-0.25, -0.2) is 8.42 Å². The van der Waals surface area contributed by atoms with Crippen molar-refractivity contribution in [2.75, 3.05) is 16.8 Å². The highest BCUT2D eigenvalue weighted by atomic mass is 32.2. The van der Waals surface area contributed by atoms with Gasteiger partial charge in [0.05, 0.1) is 14.7 Å². The minimum Gasteiger partial charge on any atom is -0.322 e. The summed E-state index contributed by atoms with van der Waals surface area (Å²) < 4.78 is 25.8. The fraction of sp³-hybridized carbons (Fsp3) is 0.409. The first-order valence-corrected chi connectivity index (χ1v) is 13.7. The molecule has 1 aliphatic carbocycles. The van der Waals surface area contributed by atoms with E-state index in [1.54, 1.807) is 24.3 Å². The Kier molecular flexibility index (Phi) is 6.56. The van der Waals surface area contributed by atoms with Crippen LogP contribution in [0.2, 0.25) is 0 Å². The van der Waals surface area contributed by atoms with Gasteiger partial charge in [0.15, 0.2) is 9.84 Å². The third-order valence-corrected chi connectivity index (χ3v) is 10.7. The Hall–Kier alpha value is -1.44. The molecule has 2 aliphatic rings. The SMILES string of the molecule is O=C(Nc1ccc(S(=O)(=O)C2CCCC2)cc1)c1ccc(C2SCCCS2)cc1. The first kappa shape index (κ1) is 20.8. The van der Waals surface area contributed by atoms with E-state index in [1.807, 2.05) is 47.8 Å². The number of thioether (sulfide) groups is 2. The van der Waals surface area contributed by atoms with Crippen LogP contribution < -0.4 is 5.32 Å². The number of rotatable bonds is 5. The molecule has 29 heavy (non-hydrogen) atoms. The van der Waals surface area contributed by atoms with Gasteiger partial charge in [0.1, 0.15) is 0 Å². The van der Waals surface area contributed by atoms with Crippen LogP contribution in [0.4, 0.5) is 5.69 Å². The minimum absolute atomic E-state index is 0.188. The Morgan fingerprint density at radius 2 is 1.48 bits per heavy atom. The van der Waals surface area contributed by atoms with Crippen molar-refractivity contribution in [2.45, 2.75) is 46.8 Å². The van der Waals surface area contributed by atoms with E-state index in [2.05, 4.69) is 5.32 Å². The summed E-state index contributed by atoms with van der Waals surface area (Å²) in [5, 5.41) is 2.60. The summed E-state index contributed by atoms with van der Waals surface area (Å²) in [6, 6.07) is 14.3. The van der Waals surface area contributed by atoms with Gasteiger partial charge in [-0.05, 0) is 72.7 Å². The van der Waals surface area contributed by atoms with Gasteiger partial charge in [-0.3, -0.25) is 4.79 Å². The molecule has 2 fully saturated rings. The van der Waals surface area contributed by atoms with E-state index in [4.69, 9.17) is 0 Å². The van der Waals surface area contributed by atoms with Crippen LogP contribution in [-0.2, 0) is 9.84 Å². The molecule has 1 aliphatic heterocycles. The highest BCUT2D eigenvalue weighted by Gasteiger charge is 2.30. The summed E-state index contributed by atoms with van der Waals surface area (Å²) in [5.41, 5.74) is 2.45. The van der Waals surface area contributed by atoms with Gasteiger partial charge < -0.3 is 5.32 Å². The zero-order valence-electron chi connectivity index (χ0n) is 16.2. The van der Waals surface area contributed by atoms with Gasteiger partial charge in [-0.2, -0.15) is 0 Å². The number of anilines is 1. The first-order chi connectivity index (χ1) is 14.0. The fourth-order valence-electron chi connectivity index (χ4n) is 3.79. The third-order valence-electron chi connectivity index (χ3n) is 5.45. The Labute approximate surface area is 181 Å². The molecule has 2 aromatic rings. The molecule has 1 N–H and O–H groups in total. The molecule has 7 heteroatoms. The molecule has 0 unspecified atom stereocenters. The molecule has 0 aromatic heterocycles. The van der Waals surface area contributed by atoms with Crippen molar-refractivity contribution in [1.82, 2.24) is 0 Å². The average Bonchev–Trinajstić information content (AvgIpc) is 3.31. The van der Waals surface area contributed by atoms with Crippen LogP contribution in [0.15, 0.2) is 53.4 Å². The molecule has 0 atom stereocenters. The molecule has 4 rings (SSSR count). The molecular weight excluding hydrogens is 422 g/mol. The number of nitrogens with one attached hydrogen (secondary N) is 1. The smallest absolute Gasteiger partial charge is 0.255 e. The minimum atomic E-state index is -3.27. The molecule has 154 valence electrons. The monoisotopic (exact) mass is 447 g/mol. The second kappa shape index (κ2) is 9.14. The van der Waals surface area contributed by atoms with E-state index >= 15 is 0 Å². The number of benzene rings is 2. The average molecular weight is 448 g/mol. The van der Waals surface area contributed by atoms with Gasteiger partial charge in [0, 0.05) is 11.3 Å². The van der Waals surface area contributed by atoms with Crippen LogP contribution in [0.5, 0.6) is 0 Å². The van der Waals surface area contributed by atoms with Gasteiger partial charge in [0.2, 0.25) is 0 Å². The molecule has 2 aromatic carbocycles. The molecule has 1 heterocycles. The Morgan fingerprint density at radius 3 is 2.10 bits per heavy atom. The molecule has 0 spiro atoms. The molecule has 0 bridgehead atoms. The molecule has 1 saturated carbocycles. The summed E-state index contributed by atoms with van der Waals surface area (Å²) in [5.74, 6) is 2.19. The summed E-state index contributed by atoms with van der Waals surface area (Å²) in [7, 11) is -3.27. The topological polar surface area (TPSA) is 63.2 Å². The van der Waals surface area contributed by atoms with Crippen molar-refractivity contribution < 1.29 is 13.2 Å². The largest absolute Gasteiger partial charge is 0.322 e. The normalized spacial score (nSPS) is 18.6. The number of amides is 1. The van der Waals surface area contributed by atoms with Crippen LogP contribution in [0.25, 0.3) is 0 Å². The number of hydrogen-bond donors (Lipinski definition) is 1. The van der Waals surface area contributed by atoms with Crippen LogP contribution in [0, 0.1) is 0 Å². The van der Waals surface area contributed by atoms with E-state index in [0.717, 1.165) is 25.7 Å². The maximum Gasteiger partial charge on any atom is 0.255 e. The van der Waals surface area contributed by atoms with Crippen LogP contribution in [0.3, 0.4) is 0 Å². The Morgan fingerprint density at radius 1 is 0.862 bits per heavy atom. The van der Waals surface area contributed by atoms with Gasteiger partial charge >= 0.3 is 0 Å².